The molecule has 1 aromatic heterocycles. The maximum atomic E-state index is 13.1. The van der Waals surface area contributed by atoms with Gasteiger partial charge in [0.15, 0.2) is 0 Å². The van der Waals surface area contributed by atoms with Gasteiger partial charge < -0.3 is 5.73 Å². The third-order valence-electron chi connectivity index (χ3n) is 2.00. The van der Waals surface area contributed by atoms with Crippen LogP contribution in [0.5, 0.6) is 0 Å². The van der Waals surface area contributed by atoms with Gasteiger partial charge in [-0.15, -0.1) is 0 Å². The molecule has 3 N–H and O–H groups in total. The lowest BCUT2D eigenvalue weighted by atomic mass is 10.1. The highest BCUT2D eigenvalue weighted by Crippen LogP contribution is 2.24. The first-order valence-electron chi connectivity index (χ1n) is 4.23. The number of nitrogens with one attached hydrogen (secondary N) is 1. The molecule has 14 heavy (non-hydrogen) atoms. The van der Waals surface area contributed by atoms with Crippen LogP contribution >= 0.6 is 0 Å². The Morgan fingerprint density at radius 1 is 1.36 bits per heavy atom. The van der Waals surface area contributed by atoms with E-state index in [1.807, 2.05) is 13.0 Å². The van der Waals surface area contributed by atoms with Crippen molar-refractivity contribution in [3.63, 3.8) is 0 Å². The number of nitrogen functional groups attached to an aromatic ring is 1. The monoisotopic (exact) mass is 191 g/mol. The molecule has 1 aromatic carbocycles. The van der Waals surface area contributed by atoms with Crippen molar-refractivity contribution < 1.29 is 4.39 Å². The van der Waals surface area contributed by atoms with Crippen LogP contribution in [0.4, 0.5) is 10.1 Å². The third-order valence-corrected chi connectivity index (χ3v) is 2.00. The van der Waals surface area contributed by atoms with Crippen molar-refractivity contribution in [1.82, 2.24) is 10.2 Å². The Hall–Kier alpha value is -1.84. The van der Waals surface area contributed by atoms with Crippen LogP contribution in [0.15, 0.2) is 24.4 Å². The fourth-order valence-corrected chi connectivity index (χ4v) is 1.41. The molecule has 72 valence electrons. The number of hydrogen-bond acceptors (Lipinski definition) is 2. The summed E-state index contributed by atoms with van der Waals surface area (Å²) in [5.41, 5.74) is 8.41. The Kier molecular flexibility index (Phi) is 1.96. The summed E-state index contributed by atoms with van der Waals surface area (Å²) in [5.74, 6) is -0.269. The molecule has 2 aromatic rings. The summed E-state index contributed by atoms with van der Waals surface area (Å²) in [6, 6.07) is 4.75. The zero-order valence-electron chi connectivity index (χ0n) is 7.71. The van der Waals surface area contributed by atoms with E-state index < -0.39 is 0 Å². The largest absolute Gasteiger partial charge is 0.396 e. The standard InChI is InChI=1S/C10H10FN3/c1-6-2-7(4-8(11)3-6)10-9(12)5-13-14-10/h2-5H,12H2,1H3,(H,13,14). The molecule has 2 rings (SSSR count). The van der Waals surface area contributed by atoms with Gasteiger partial charge in [0.05, 0.1) is 17.6 Å². The van der Waals surface area contributed by atoms with E-state index in [2.05, 4.69) is 10.2 Å². The van der Waals surface area contributed by atoms with Crippen molar-refractivity contribution in [1.29, 1.82) is 0 Å². The summed E-state index contributed by atoms with van der Waals surface area (Å²) in [6.45, 7) is 1.83. The van der Waals surface area contributed by atoms with Crippen LogP contribution in [0.3, 0.4) is 0 Å². The minimum atomic E-state index is -0.269. The molecular formula is C10H10FN3. The molecule has 0 aliphatic heterocycles. The predicted octanol–water partition coefficient (Wildman–Crippen LogP) is 2.11. The smallest absolute Gasteiger partial charge is 0.124 e. The van der Waals surface area contributed by atoms with Crippen LogP contribution in [0.25, 0.3) is 11.3 Å². The van der Waals surface area contributed by atoms with Crippen molar-refractivity contribution >= 4 is 5.69 Å². The molecule has 0 amide bonds. The summed E-state index contributed by atoms with van der Waals surface area (Å²) in [6.07, 6.45) is 1.51. The molecule has 0 spiro atoms. The second-order valence-electron chi connectivity index (χ2n) is 3.22. The minimum Gasteiger partial charge on any atom is -0.396 e. The molecule has 0 bridgehead atoms. The molecule has 4 heteroatoms. The maximum Gasteiger partial charge on any atom is 0.124 e. The topological polar surface area (TPSA) is 54.7 Å². The molecule has 3 nitrogen and oxygen atoms in total. The fourth-order valence-electron chi connectivity index (χ4n) is 1.41. The zero-order chi connectivity index (χ0) is 10.1. The van der Waals surface area contributed by atoms with Crippen LogP contribution < -0.4 is 5.73 Å². The molecule has 0 fully saturated rings. The quantitative estimate of drug-likeness (QED) is 0.725. The summed E-state index contributed by atoms with van der Waals surface area (Å²) >= 11 is 0. The van der Waals surface area contributed by atoms with Crippen LogP contribution in [0.1, 0.15) is 5.56 Å². The molecule has 0 unspecified atom stereocenters. The second kappa shape index (κ2) is 3.14. The number of aromatic amines is 1. The first kappa shape index (κ1) is 8.74. The van der Waals surface area contributed by atoms with E-state index in [9.17, 15) is 4.39 Å². The molecule has 0 radical (unpaired) electrons. The van der Waals surface area contributed by atoms with Gasteiger partial charge in [-0.25, -0.2) is 4.39 Å². The number of nitrogens with zero attached hydrogens (tertiary/aromatic N) is 1. The van der Waals surface area contributed by atoms with Gasteiger partial charge in [-0.3, -0.25) is 5.10 Å². The SMILES string of the molecule is Cc1cc(F)cc(-c2[nH]ncc2N)c1. The predicted molar refractivity (Wildman–Crippen MR) is 53.1 cm³/mol. The lowest BCUT2D eigenvalue weighted by Crippen LogP contribution is -1.88. The van der Waals surface area contributed by atoms with Crippen molar-refractivity contribution in [2.45, 2.75) is 6.92 Å². The highest BCUT2D eigenvalue weighted by atomic mass is 19.1. The zero-order valence-corrected chi connectivity index (χ0v) is 7.71. The molecule has 0 saturated carbocycles. The number of H-pyrrole nitrogens is 1. The van der Waals surface area contributed by atoms with Gasteiger partial charge in [0, 0.05) is 5.56 Å². The summed E-state index contributed by atoms with van der Waals surface area (Å²) in [7, 11) is 0. The molecule has 1 heterocycles. The van der Waals surface area contributed by atoms with E-state index in [0.717, 1.165) is 11.1 Å². The Labute approximate surface area is 80.8 Å². The number of nitrogens with two attached hydrogens (primary N) is 1. The van der Waals surface area contributed by atoms with Gasteiger partial charge in [0.25, 0.3) is 0 Å². The number of anilines is 1. The number of rotatable bonds is 1. The second-order valence-corrected chi connectivity index (χ2v) is 3.22. The Morgan fingerprint density at radius 2 is 2.14 bits per heavy atom. The average molecular weight is 191 g/mol. The highest BCUT2D eigenvalue weighted by Gasteiger charge is 2.06. The summed E-state index contributed by atoms with van der Waals surface area (Å²) in [4.78, 5) is 0. The van der Waals surface area contributed by atoms with Gasteiger partial charge >= 0.3 is 0 Å². The molecule has 0 saturated heterocycles. The van der Waals surface area contributed by atoms with E-state index >= 15 is 0 Å². The summed E-state index contributed by atoms with van der Waals surface area (Å²) < 4.78 is 13.1. The van der Waals surface area contributed by atoms with E-state index in [4.69, 9.17) is 5.73 Å². The molecule has 0 aliphatic carbocycles. The van der Waals surface area contributed by atoms with E-state index in [0.29, 0.717) is 11.4 Å². The lowest BCUT2D eigenvalue weighted by molar-refractivity contribution is 0.627. The van der Waals surface area contributed by atoms with Crippen molar-refractivity contribution in [3.05, 3.63) is 35.8 Å². The van der Waals surface area contributed by atoms with E-state index in [-0.39, 0.29) is 5.82 Å². The van der Waals surface area contributed by atoms with Gasteiger partial charge in [-0.2, -0.15) is 5.10 Å². The third kappa shape index (κ3) is 1.46. The van der Waals surface area contributed by atoms with Crippen molar-refractivity contribution in [2.75, 3.05) is 5.73 Å². The minimum absolute atomic E-state index is 0.269. The van der Waals surface area contributed by atoms with Crippen LogP contribution in [0, 0.1) is 12.7 Å². The van der Waals surface area contributed by atoms with Crippen LogP contribution in [0.2, 0.25) is 0 Å². The Morgan fingerprint density at radius 3 is 2.71 bits per heavy atom. The van der Waals surface area contributed by atoms with E-state index in [1.54, 1.807) is 0 Å². The Balaban J connectivity index is 2.57. The molecular weight excluding hydrogens is 181 g/mol. The summed E-state index contributed by atoms with van der Waals surface area (Å²) in [5, 5.41) is 6.52. The van der Waals surface area contributed by atoms with Gasteiger partial charge in [-0.1, -0.05) is 0 Å². The average Bonchev–Trinajstić information content (AvgIpc) is 2.49. The van der Waals surface area contributed by atoms with Gasteiger partial charge in [0.2, 0.25) is 0 Å². The number of aryl methyl sites for hydroxylation is 1. The molecule has 0 aliphatic rings. The first-order chi connectivity index (χ1) is 6.66. The lowest BCUT2D eigenvalue weighted by Gasteiger charge is -2.01. The van der Waals surface area contributed by atoms with Crippen LogP contribution in [-0.4, -0.2) is 10.2 Å². The number of hydrogen-bond donors (Lipinski definition) is 2. The van der Waals surface area contributed by atoms with Gasteiger partial charge in [-0.05, 0) is 30.7 Å². The van der Waals surface area contributed by atoms with E-state index in [1.165, 1.54) is 18.3 Å². The van der Waals surface area contributed by atoms with Gasteiger partial charge in [0.1, 0.15) is 5.82 Å². The highest BCUT2D eigenvalue weighted by molar-refractivity contribution is 5.72. The number of benzene rings is 1. The number of halogens is 1. The van der Waals surface area contributed by atoms with Crippen molar-refractivity contribution in [2.24, 2.45) is 0 Å². The normalized spacial score (nSPS) is 10.4. The van der Waals surface area contributed by atoms with Crippen LogP contribution in [-0.2, 0) is 0 Å². The Bertz CT molecular complexity index is 442. The van der Waals surface area contributed by atoms with Crippen molar-refractivity contribution in [3.8, 4) is 11.3 Å². The fraction of sp³-hybridized carbons (Fsp3) is 0.100. The number of aromatic nitrogens is 2. The molecule has 0 atom stereocenters. The maximum absolute atomic E-state index is 13.1. The first-order valence-corrected chi connectivity index (χ1v) is 4.23.